The van der Waals surface area contributed by atoms with Crippen LogP contribution in [0.5, 0.6) is 0 Å². The van der Waals surface area contributed by atoms with Crippen molar-refractivity contribution in [3.63, 3.8) is 0 Å². The first kappa shape index (κ1) is 17.1. The summed E-state index contributed by atoms with van der Waals surface area (Å²) in [6, 6.07) is 6.36. The average Bonchev–Trinajstić information content (AvgIpc) is 3.28. The zero-order valence-corrected chi connectivity index (χ0v) is 14.6. The Kier molecular flexibility index (Phi) is 4.72. The van der Waals surface area contributed by atoms with Crippen molar-refractivity contribution >= 4 is 5.91 Å². The van der Waals surface area contributed by atoms with E-state index in [0.717, 1.165) is 37.2 Å². The van der Waals surface area contributed by atoms with E-state index >= 15 is 0 Å². The van der Waals surface area contributed by atoms with E-state index in [4.69, 9.17) is 0 Å². The van der Waals surface area contributed by atoms with Gasteiger partial charge in [0.1, 0.15) is 11.6 Å². The number of likely N-dealkylation sites (tertiary alicyclic amines) is 1. The van der Waals surface area contributed by atoms with Crippen molar-refractivity contribution < 1.29 is 14.3 Å². The highest BCUT2D eigenvalue weighted by atomic mass is 19.1. The number of aryl methyl sites for hydroxylation is 1. The lowest BCUT2D eigenvalue weighted by atomic mass is 9.96. The van der Waals surface area contributed by atoms with Gasteiger partial charge in [0.05, 0.1) is 5.92 Å². The van der Waals surface area contributed by atoms with Crippen LogP contribution in [0.4, 0.5) is 4.39 Å². The first-order valence-corrected chi connectivity index (χ1v) is 9.26. The maximum absolute atomic E-state index is 13.2. The monoisotopic (exact) mass is 358 g/mol. The summed E-state index contributed by atoms with van der Waals surface area (Å²) >= 11 is 0. The molecule has 0 radical (unpaired) electrons. The van der Waals surface area contributed by atoms with Gasteiger partial charge >= 0.3 is 0 Å². The first-order valence-electron chi connectivity index (χ1n) is 9.26. The lowest BCUT2D eigenvalue weighted by Gasteiger charge is -2.31. The fourth-order valence-electron chi connectivity index (χ4n) is 4.15. The molecule has 1 amide bonds. The Balaban J connectivity index is 1.55. The van der Waals surface area contributed by atoms with Gasteiger partial charge in [-0.1, -0.05) is 0 Å². The van der Waals surface area contributed by atoms with Crippen molar-refractivity contribution in [1.29, 1.82) is 0 Å². The topological polar surface area (TPSA) is 71.2 Å². The molecule has 6 nitrogen and oxygen atoms in total. The highest BCUT2D eigenvalue weighted by Gasteiger charge is 2.35. The molecule has 1 N–H and O–H groups in total. The second-order valence-electron chi connectivity index (χ2n) is 7.13. The number of benzene rings is 1. The van der Waals surface area contributed by atoms with E-state index in [-0.39, 0.29) is 30.3 Å². The number of hydrogen-bond donors (Lipinski definition) is 1. The van der Waals surface area contributed by atoms with Gasteiger partial charge < -0.3 is 14.6 Å². The van der Waals surface area contributed by atoms with Gasteiger partial charge in [-0.2, -0.15) is 0 Å². The van der Waals surface area contributed by atoms with E-state index in [1.807, 2.05) is 9.47 Å². The predicted molar refractivity (Wildman–Crippen MR) is 93.7 cm³/mol. The van der Waals surface area contributed by atoms with Gasteiger partial charge in [0.25, 0.3) is 0 Å². The van der Waals surface area contributed by atoms with Crippen LogP contribution in [-0.2, 0) is 17.8 Å². The Morgan fingerprint density at radius 1 is 1.23 bits per heavy atom. The Labute approximate surface area is 151 Å². The van der Waals surface area contributed by atoms with Gasteiger partial charge in [0, 0.05) is 37.7 Å². The van der Waals surface area contributed by atoms with Gasteiger partial charge in [-0.3, -0.25) is 4.79 Å². The van der Waals surface area contributed by atoms with Crippen LogP contribution in [0.1, 0.15) is 31.5 Å². The van der Waals surface area contributed by atoms with Crippen molar-refractivity contribution in [2.75, 3.05) is 13.2 Å². The Morgan fingerprint density at radius 2 is 2.04 bits per heavy atom. The highest BCUT2D eigenvalue weighted by Crippen LogP contribution is 2.29. The zero-order chi connectivity index (χ0) is 18.1. The molecule has 138 valence electrons. The summed E-state index contributed by atoms with van der Waals surface area (Å²) in [6.07, 6.45) is 4.10. The highest BCUT2D eigenvalue weighted by molar-refractivity contribution is 5.79. The molecular weight excluding hydrogens is 335 g/mol. The number of halogens is 1. The number of carbonyl (C=O) groups is 1. The molecule has 1 aromatic heterocycles. The van der Waals surface area contributed by atoms with E-state index in [2.05, 4.69) is 10.2 Å². The summed E-state index contributed by atoms with van der Waals surface area (Å²) in [6.45, 7) is 1.44. The molecule has 0 bridgehead atoms. The molecular formula is C19H23FN4O2. The standard InChI is InChI=1S/C19H23FN4O2/c20-15-6-3-13(4-7-15)18-22-21-17-8-5-14(12-24(17)18)19(26)23-10-1-2-16(23)9-11-25/h3-4,6-7,14,16,25H,1-2,5,8-12H2. The second-order valence-corrected chi connectivity index (χ2v) is 7.13. The van der Waals surface area contributed by atoms with Crippen molar-refractivity contribution in [1.82, 2.24) is 19.7 Å². The number of hydrogen-bond acceptors (Lipinski definition) is 4. The molecule has 2 unspecified atom stereocenters. The fourth-order valence-corrected chi connectivity index (χ4v) is 4.15. The Hall–Kier alpha value is -2.28. The molecule has 1 saturated heterocycles. The van der Waals surface area contributed by atoms with Crippen LogP contribution < -0.4 is 0 Å². The van der Waals surface area contributed by atoms with Crippen molar-refractivity contribution in [3.8, 4) is 11.4 Å². The molecule has 7 heteroatoms. The lowest BCUT2D eigenvalue weighted by molar-refractivity contribution is -0.137. The smallest absolute Gasteiger partial charge is 0.227 e. The lowest BCUT2D eigenvalue weighted by Crippen LogP contribution is -2.42. The number of aliphatic hydroxyl groups is 1. The molecule has 3 heterocycles. The number of fused-ring (bicyclic) bond motifs is 1. The zero-order valence-electron chi connectivity index (χ0n) is 14.6. The van der Waals surface area contributed by atoms with Gasteiger partial charge in [-0.15, -0.1) is 10.2 Å². The fraction of sp³-hybridized carbons (Fsp3) is 0.526. The van der Waals surface area contributed by atoms with Crippen LogP contribution >= 0.6 is 0 Å². The molecule has 2 aliphatic heterocycles. The van der Waals surface area contributed by atoms with E-state index in [9.17, 15) is 14.3 Å². The largest absolute Gasteiger partial charge is 0.396 e. The average molecular weight is 358 g/mol. The minimum Gasteiger partial charge on any atom is -0.396 e. The van der Waals surface area contributed by atoms with Crippen LogP contribution in [0.15, 0.2) is 24.3 Å². The van der Waals surface area contributed by atoms with Gasteiger partial charge in [-0.05, 0) is 49.9 Å². The van der Waals surface area contributed by atoms with E-state index < -0.39 is 0 Å². The second kappa shape index (κ2) is 7.15. The number of aromatic nitrogens is 3. The maximum atomic E-state index is 13.2. The number of rotatable bonds is 4. The number of carbonyl (C=O) groups excluding carboxylic acids is 1. The Bertz CT molecular complexity index is 789. The SMILES string of the molecule is O=C(C1CCc2nnc(-c3ccc(F)cc3)n2C1)N1CCCC1CCO. The van der Waals surface area contributed by atoms with Crippen LogP contribution in [0, 0.1) is 11.7 Å². The first-order chi connectivity index (χ1) is 12.7. The normalized spacial score (nSPS) is 22.5. The molecule has 1 aromatic carbocycles. The summed E-state index contributed by atoms with van der Waals surface area (Å²) in [4.78, 5) is 15.0. The molecule has 2 aromatic rings. The van der Waals surface area contributed by atoms with E-state index in [0.29, 0.717) is 25.2 Å². The van der Waals surface area contributed by atoms with Gasteiger partial charge in [0.2, 0.25) is 5.91 Å². The molecule has 1 fully saturated rings. The van der Waals surface area contributed by atoms with Gasteiger partial charge in [-0.25, -0.2) is 4.39 Å². The summed E-state index contributed by atoms with van der Waals surface area (Å²) in [5, 5.41) is 17.8. The van der Waals surface area contributed by atoms with Crippen LogP contribution in [-0.4, -0.2) is 49.9 Å². The maximum Gasteiger partial charge on any atom is 0.227 e. The Morgan fingerprint density at radius 3 is 2.81 bits per heavy atom. The third kappa shape index (κ3) is 3.11. The third-order valence-electron chi connectivity index (χ3n) is 5.52. The minimum absolute atomic E-state index is 0.100. The molecule has 2 aliphatic rings. The van der Waals surface area contributed by atoms with Crippen molar-refractivity contribution in [2.24, 2.45) is 5.92 Å². The van der Waals surface area contributed by atoms with Gasteiger partial charge in [0.15, 0.2) is 5.82 Å². The number of nitrogens with zero attached hydrogens (tertiary/aromatic N) is 4. The number of amides is 1. The van der Waals surface area contributed by atoms with Crippen LogP contribution in [0.2, 0.25) is 0 Å². The molecule has 4 rings (SSSR count). The van der Waals surface area contributed by atoms with E-state index in [1.54, 1.807) is 12.1 Å². The molecule has 2 atom stereocenters. The minimum atomic E-state index is -0.288. The van der Waals surface area contributed by atoms with Crippen molar-refractivity contribution in [3.05, 3.63) is 35.9 Å². The van der Waals surface area contributed by atoms with Crippen LogP contribution in [0.3, 0.4) is 0 Å². The summed E-state index contributed by atoms with van der Waals surface area (Å²) in [5.41, 5.74) is 0.803. The molecule has 0 aliphatic carbocycles. The van der Waals surface area contributed by atoms with E-state index in [1.165, 1.54) is 12.1 Å². The summed E-state index contributed by atoms with van der Waals surface area (Å²) < 4.78 is 15.2. The number of aliphatic hydroxyl groups excluding tert-OH is 1. The molecule has 26 heavy (non-hydrogen) atoms. The quantitative estimate of drug-likeness (QED) is 0.908. The van der Waals surface area contributed by atoms with Crippen LogP contribution in [0.25, 0.3) is 11.4 Å². The molecule has 0 spiro atoms. The molecule has 0 saturated carbocycles. The summed E-state index contributed by atoms with van der Waals surface area (Å²) in [5.74, 6) is 1.35. The predicted octanol–water partition coefficient (Wildman–Crippen LogP) is 2.02. The summed E-state index contributed by atoms with van der Waals surface area (Å²) in [7, 11) is 0. The third-order valence-corrected chi connectivity index (χ3v) is 5.52. The van der Waals surface area contributed by atoms with Crippen molar-refractivity contribution in [2.45, 2.75) is 44.7 Å².